The summed E-state index contributed by atoms with van der Waals surface area (Å²) in [5, 5.41) is 48.7. The van der Waals surface area contributed by atoms with Crippen molar-refractivity contribution in [2.24, 2.45) is 9.98 Å². The molecular formula is C76H78N16O6+8. The Morgan fingerprint density at radius 1 is 0.408 bits per heavy atom. The molecule has 0 aromatic carbocycles. The molecule has 22 nitrogen and oxygen atoms in total. The number of carbonyl (C=O) groups excluding carboxylic acids is 3. The van der Waals surface area contributed by atoms with E-state index in [-0.39, 0.29) is 49.6 Å². The highest BCUT2D eigenvalue weighted by molar-refractivity contribution is 6.03. The molecule has 10 aromatic heterocycles. The number of amides is 3. The Balaban J connectivity index is 0.703. The molecule has 0 saturated heterocycles. The Labute approximate surface area is 566 Å². The third kappa shape index (κ3) is 14.6. The summed E-state index contributed by atoms with van der Waals surface area (Å²) in [5.74, 6) is -3.14. The molecule has 0 fully saturated rings. The second-order valence-electron chi connectivity index (χ2n) is 25.1. The Morgan fingerprint density at radius 3 is 1.14 bits per heavy atom. The molecule has 22 heteroatoms. The van der Waals surface area contributed by atoms with Gasteiger partial charge in [-0.25, -0.2) is 24.9 Å². The number of aliphatic imine (C=N–C) groups is 2. The van der Waals surface area contributed by atoms with Crippen LogP contribution in [0.25, 0.3) is 72.9 Å². The van der Waals surface area contributed by atoms with Crippen LogP contribution in [0.3, 0.4) is 0 Å². The van der Waals surface area contributed by atoms with Gasteiger partial charge in [-0.15, -0.1) is 0 Å². The van der Waals surface area contributed by atoms with E-state index in [0.717, 1.165) is 146 Å². The van der Waals surface area contributed by atoms with Gasteiger partial charge in [0.2, 0.25) is 11.8 Å². The molecule has 490 valence electrons. The first kappa shape index (κ1) is 63.7. The minimum atomic E-state index is -1.42. The minimum absolute atomic E-state index is 0.0152. The van der Waals surface area contributed by atoms with Gasteiger partial charge in [-0.1, -0.05) is 19.6 Å². The van der Waals surface area contributed by atoms with Crippen molar-refractivity contribution < 1.29 is 81.2 Å². The molecule has 0 saturated carbocycles. The maximum absolute atomic E-state index is 14.4. The van der Waals surface area contributed by atoms with E-state index in [4.69, 9.17) is 0 Å². The number of aliphatic hydroxyl groups excluding tert-OH is 3. The summed E-state index contributed by atoms with van der Waals surface area (Å²) in [6, 6.07) is 44.3. The predicted molar refractivity (Wildman–Crippen MR) is 356 cm³/mol. The number of aromatic nitrogens is 10. The SMILES string of the molecule is O=C(C[C@@H](N=C(O)c1cc[nH+]c(-c2cc(C(O)=N[C@H](CC(O)=[NH+]Cc3ccc4[n+](c3)CCC[n+]3ccccc3-4)C(=O)[N-]Cc3ccc4[n+](c3)CCC[n+]3ccccc3-4)cc[nH+]2)c1)C(=O)[N-]Cc1ccc2[n+](c1)CCC[n+]1ccccc1-2)[N-]Cc1ccc2[n+](c1)CCC[n+]1ccccc1-2. The average molecular weight is 1310 g/mol. The van der Waals surface area contributed by atoms with Gasteiger partial charge >= 0.3 is 5.90 Å². The zero-order valence-corrected chi connectivity index (χ0v) is 54.4. The number of hydrogen-bond donors (Lipinski definition) is 4. The highest BCUT2D eigenvalue weighted by Gasteiger charge is 2.32. The van der Waals surface area contributed by atoms with E-state index < -0.39 is 48.0 Å². The van der Waals surface area contributed by atoms with Crippen LogP contribution in [0.15, 0.2) is 218 Å². The van der Waals surface area contributed by atoms with E-state index >= 15 is 0 Å². The van der Waals surface area contributed by atoms with Crippen molar-refractivity contribution in [3.8, 4) is 56.9 Å². The lowest BCUT2D eigenvalue weighted by Crippen LogP contribution is -2.72. The van der Waals surface area contributed by atoms with Gasteiger partial charge in [-0.05, 0) is 65.2 Å². The number of rotatable bonds is 19. The topological polar surface area (TPSA) is 252 Å². The van der Waals surface area contributed by atoms with Gasteiger partial charge in [0.15, 0.2) is 121 Å². The number of pyridine rings is 10. The number of hydrogen-bond acceptors (Lipinski definition) is 5. The smallest absolute Gasteiger partial charge is 0.335 e. The van der Waals surface area contributed by atoms with Crippen LogP contribution in [0.4, 0.5) is 0 Å². The van der Waals surface area contributed by atoms with Crippen LogP contribution in [0.2, 0.25) is 0 Å². The molecule has 0 radical (unpaired) electrons. The fraction of sp³-hybridized carbons (Fsp3) is 0.263. The third-order valence-electron chi connectivity index (χ3n) is 18.4. The molecule has 3 amide bonds. The van der Waals surface area contributed by atoms with E-state index in [9.17, 15) is 29.7 Å². The maximum atomic E-state index is 14.4. The zero-order chi connectivity index (χ0) is 66.9. The monoisotopic (exact) mass is 1310 g/mol. The molecule has 2 atom stereocenters. The first-order valence-electron chi connectivity index (χ1n) is 33.5. The lowest BCUT2D eigenvalue weighted by molar-refractivity contribution is -0.688. The van der Waals surface area contributed by atoms with Crippen molar-refractivity contribution in [3.63, 3.8) is 0 Å². The van der Waals surface area contributed by atoms with Gasteiger partial charge < -0.3 is 45.7 Å². The Bertz CT molecular complexity index is 4800. The summed E-state index contributed by atoms with van der Waals surface area (Å²) in [4.78, 5) is 61.2. The van der Waals surface area contributed by atoms with Crippen LogP contribution in [0.1, 0.15) is 71.9 Å². The van der Waals surface area contributed by atoms with Crippen LogP contribution in [0.5, 0.6) is 0 Å². The lowest BCUT2D eigenvalue weighted by Gasteiger charge is -2.26. The van der Waals surface area contributed by atoms with Crippen molar-refractivity contribution in [2.45, 2.75) is 129 Å². The molecule has 4 aliphatic heterocycles. The van der Waals surface area contributed by atoms with Gasteiger partial charge in [0, 0.05) is 115 Å². The summed E-state index contributed by atoms with van der Waals surface area (Å²) < 4.78 is 17.7. The van der Waals surface area contributed by atoms with Crippen molar-refractivity contribution in [3.05, 3.63) is 257 Å². The Kier molecular flexibility index (Phi) is 18.9. The fourth-order valence-corrected chi connectivity index (χ4v) is 13.5. The highest BCUT2D eigenvalue weighted by atomic mass is 16.3. The number of H-pyrrole nitrogens is 2. The predicted octanol–water partition coefficient (Wildman–Crippen LogP) is 4.23. The molecule has 0 aliphatic carbocycles. The van der Waals surface area contributed by atoms with E-state index in [1.54, 1.807) is 36.7 Å². The molecular weight excluding hydrogens is 1230 g/mol. The van der Waals surface area contributed by atoms with Crippen LogP contribution in [-0.4, -0.2) is 62.8 Å². The van der Waals surface area contributed by atoms with Crippen LogP contribution < -0.4 is 51.5 Å². The first-order valence-corrected chi connectivity index (χ1v) is 33.5. The van der Waals surface area contributed by atoms with Gasteiger partial charge in [-0.3, -0.25) is 0 Å². The van der Waals surface area contributed by atoms with Gasteiger partial charge in [-0.2, -0.15) is 36.5 Å². The van der Waals surface area contributed by atoms with Gasteiger partial charge in [0.25, 0.3) is 56.9 Å². The Morgan fingerprint density at radius 2 is 0.745 bits per heavy atom. The molecule has 6 N–H and O–H groups in total. The third-order valence-corrected chi connectivity index (χ3v) is 18.4. The summed E-state index contributed by atoms with van der Waals surface area (Å²) in [6.45, 7) is 7.09. The molecule has 4 aliphatic rings. The van der Waals surface area contributed by atoms with Crippen molar-refractivity contribution >= 4 is 35.4 Å². The maximum Gasteiger partial charge on any atom is 0.335 e. The number of aliphatic hydroxyl groups is 3. The largest absolute Gasteiger partial charge is 0.649 e. The highest BCUT2D eigenvalue weighted by Crippen LogP contribution is 2.23. The molecule has 0 bridgehead atoms. The number of nitrogens with one attached hydrogen (secondary N) is 3. The standard InChI is InChI=1S/C76H72N16O6/c93-71(79-45-53-17-21-67-63-13-1-5-29-85(63)33-9-37-89(67)49-53)43-61(75(97)81-47-55-19-23-69-65-15-3-7-31-87(65)35-11-39-91(69)51-55)83-73(95)57-25-27-77-59(41-57)60-42-58(26-28-78-60)74(96)84-62(76(98)82-48-56-20-24-70-66-16-4-8-32-88(66)36-12-40-92(70)52-56)44-72(94)80-46-54-18-22-68-64-14-2-6-30-86(64)34-10-38-90(68)50-54/h1-8,13-32,41-42,49-52,61-62H,9-12,33-40,43-48H2/q+2/p+6/t61-,62-/m1/s1. The van der Waals surface area contributed by atoms with Crippen molar-refractivity contribution in [1.82, 2.24) is 0 Å². The second-order valence-corrected chi connectivity index (χ2v) is 25.1. The first-order chi connectivity index (χ1) is 48.0. The van der Waals surface area contributed by atoms with Crippen LogP contribution >= 0.6 is 0 Å². The lowest BCUT2D eigenvalue weighted by atomic mass is 10.1. The van der Waals surface area contributed by atoms with E-state index in [2.05, 4.69) is 139 Å². The number of carbonyl (C=O) groups is 3. The van der Waals surface area contributed by atoms with E-state index in [1.807, 2.05) is 110 Å². The fourth-order valence-electron chi connectivity index (χ4n) is 13.5. The molecule has 0 unspecified atom stereocenters. The van der Waals surface area contributed by atoms with Crippen LogP contribution in [-0.2, 0) is 92.9 Å². The van der Waals surface area contributed by atoms with Crippen molar-refractivity contribution in [1.29, 1.82) is 0 Å². The summed E-state index contributed by atoms with van der Waals surface area (Å²) in [5.41, 5.74) is 13.3. The van der Waals surface area contributed by atoms with Gasteiger partial charge in [0.1, 0.15) is 12.1 Å². The average Bonchev–Trinajstić information content (AvgIpc) is 1.53. The van der Waals surface area contributed by atoms with Gasteiger partial charge in [0.05, 0.1) is 55.4 Å². The van der Waals surface area contributed by atoms with Crippen molar-refractivity contribution in [2.75, 3.05) is 0 Å². The molecule has 14 heterocycles. The number of aryl methyl sites for hydroxylation is 8. The number of nitrogens with zero attached hydrogens (tertiary/aromatic N) is 13. The molecule has 98 heavy (non-hydrogen) atoms. The minimum Gasteiger partial charge on any atom is -0.649 e. The summed E-state index contributed by atoms with van der Waals surface area (Å²) in [6.07, 6.45) is 22.6. The molecule has 14 rings (SSSR count). The summed E-state index contributed by atoms with van der Waals surface area (Å²) >= 11 is 0. The quantitative estimate of drug-likeness (QED) is 0.0524. The molecule has 10 aromatic rings. The normalized spacial score (nSPS) is 14.6. The molecule has 0 spiro atoms. The second kappa shape index (κ2) is 29.1. The Hall–Kier alpha value is -11.7. The van der Waals surface area contributed by atoms with E-state index in [1.165, 1.54) is 0 Å². The zero-order valence-electron chi connectivity index (χ0n) is 54.4. The summed E-state index contributed by atoms with van der Waals surface area (Å²) in [7, 11) is 0. The number of fused-ring (bicyclic) bond motifs is 12. The van der Waals surface area contributed by atoms with Crippen LogP contribution in [0, 0.1) is 0 Å². The van der Waals surface area contributed by atoms with E-state index in [0.29, 0.717) is 11.4 Å². The number of aromatic amines is 2.